The van der Waals surface area contributed by atoms with Crippen LogP contribution in [0.3, 0.4) is 0 Å². The third-order valence-electron chi connectivity index (χ3n) is 5.80. The van der Waals surface area contributed by atoms with Gasteiger partial charge in [0, 0.05) is 10.8 Å². The summed E-state index contributed by atoms with van der Waals surface area (Å²) in [5.74, 6) is -0.508. The molecule has 4 nitrogen and oxygen atoms in total. The summed E-state index contributed by atoms with van der Waals surface area (Å²) in [6.45, 7) is 0. The summed E-state index contributed by atoms with van der Waals surface area (Å²) in [7, 11) is 0. The second kappa shape index (κ2) is 4.87. The SMILES string of the molecule is Oc1ccc2c(cc3ccc4cc5c(O)c(O)ccc5c5ccc2c3c45)c1O. The third-order valence-corrected chi connectivity index (χ3v) is 5.80. The van der Waals surface area contributed by atoms with Crippen LogP contribution in [0.5, 0.6) is 23.0 Å². The summed E-state index contributed by atoms with van der Waals surface area (Å²) < 4.78 is 0. The van der Waals surface area contributed by atoms with Gasteiger partial charge in [0.1, 0.15) is 0 Å². The minimum Gasteiger partial charge on any atom is -0.504 e. The Bertz CT molecular complexity index is 1480. The molecule has 0 saturated carbocycles. The average Bonchev–Trinajstić information content (AvgIpc) is 2.71. The molecule has 0 atom stereocenters. The van der Waals surface area contributed by atoms with Crippen molar-refractivity contribution in [2.24, 2.45) is 0 Å². The lowest BCUT2D eigenvalue weighted by Crippen LogP contribution is -1.88. The monoisotopic (exact) mass is 366 g/mol. The van der Waals surface area contributed by atoms with Crippen molar-refractivity contribution in [3.63, 3.8) is 0 Å². The zero-order valence-electron chi connectivity index (χ0n) is 14.6. The van der Waals surface area contributed by atoms with Crippen molar-refractivity contribution in [2.75, 3.05) is 0 Å². The Labute approximate surface area is 158 Å². The lowest BCUT2D eigenvalue weighted by atomic mass is 9.88. The van der Waals surface area contributed by atoms with Gasteiger partial charge in [-0.05, 0) is 79.5 Å². The molecule has 0 saturated heterocycles. The zero-order valence-corrected chi connectivity index (χ0v) is 14.6. The highest BCUT2D eigenvalue weighted by molar-refractivity contribution is 6.33. The van der Waals surface area contributed by atoms with Crippen LogP contribution in [-0.2, 0) is 0 Å². The standard InChI is InChI=1S/C24H14O4/c25-19-7-5-13-15-3-4-16-14-6-8-20(26)24(28)18(14)10-12-2-1-11(21(15)22(12)16)9-17(13)23(19)27/h1-10,25-28H. The molecule has 4 N–H and O–H groups in total. The van der Waals surface area contributed by atoms with Gasteiger partial charge < -0.3 is 20.4 Å². The molecule has 0 spiro atoms. The second-order valence-electron chi connectivity index (χ2n) is 7.23. The maximum Gasteiger partial charge on any atom is 0.165 e. The number of aromatic hydroxyl groups is 4. The quantitative estimate of drug-likeness (QED) is 0.158. The van der Waals surface area contributed by atoms with Crippen molar-refractivity contribution in [1.82, 2.24) is 0 Å². The van der Waals surface area contributed by atoms with E-state index in [1.54, 1.807) is 0 Å². The summed E-state index contributed by atoms with van der Waals surface area (Å²) in [4.78, 5) is 0. The Morgan fingerprint density at radius 3 is 1.21 bits per heavy atom. The molecule has 134 valence electrons. The summed E-state index contributed by atoms with van der Waals surface area (Å²) in [5, 5.41) is 49.5. The normalized spacial score (nSPS) is 12.1. The third kappa shape index (κ3) is 1.70. The van der Waals surface area contributed by atoms with Crippen LogP contribution in [0.4, 0.5) is 0 Å². The minimum absolute atomic E-state index is 0.117. The van der Waals surface area contributed by atoms with Crippen molar-refractivity contribution >= 4 is 53.9 Å². The topological polar surface area (TPSA) is 80.9 Å². The predicted octanol–water partition coefficient (Wildman–Crippen LogP) is 5.71. The van der Waals surface area contributed by atoms with Gasteiger partial charge in [0.15, 0.2) is 23.0 Å². The summed E-state index contributed by atoms with van der Waals surface area (Å²) in [6, 6.07) is 18.4. The first-order valence-electron chi connectivity index (χ1n) is 8.94. The van der Waals surface area contributed by atoms with E-state index in [0.717, 1.165) is 43.1 Å². The van der Waals surface area contributed by atoms with Crippen LogP contribution in [-0.4, -0.2) is 20.4 Å². The van der Waals surface area contributed by atoms with Crippen molar-refractivity contribution in [2.45, 2.75) is 0 Å². The molecule has 6 rings (SSSR count). The first-order chi connectivity index (χ1) is 13.5. The molecule has 0 aliphatic heterocycles. The summed E-state index contributed by atoms with van der Waals surface area (Å²) in [5.41, 5.74) is 0. The highest BCUT2D eigenvalue weighted by atomic mass is 16.3. The van der Waals surface area contributed by atoms with Crippen molar-refractivity contribution in [3.05, 3.63) is 60.7 Å². The fraction of sp³-hybridized carbons (Fsp3) is 0. The molecule has 0 bridgehead atoms. The molecule has 0 unspecified atom stereocenters. The summed E-state index contributed by atoms with van der Waals surface area (Å²) in [6.07, 6.45) is 0. The maximum absolute atomic E-state index is 10.3. The van der Waals surface area contributed by atoms with Crippen LogP contribution in [0.2, 0.25) is 0 Å². The second-order valence-corrected chi connectivity index (χ2v) is 7.23. The molecule has 4 heteroatoms. The van der Waals surface area contributed by atoms with Crippen LogP contribution in [0.15, 0.2) is 60.7 Å². The molecule has 0 amide bonds. The average molecular weight is 366 g/mol. The number of rotatable bonds is 0. The molecule has 28 heavy (non-hydrogen) atoms. The Morgan fingerprint density at radius 1 is 0.393 bits per heavy atom. The van der Waals surface area contributed by atoms with Crippen LogP contribution < -0.4 is 0 Å². The molecule has 6 aromatic rings. The molecule has 0 radical (unpaired) electrons. The van der Waals surface area contributed by atoms with Gasteiger partial charge in [0.25, 0.3) is 0 Å². The first kappa shape index (κ1) is 15.2. The molecule has 0 aliphatic carbocycles. The van der Waals surface area contributed by atoms with E-state index in [2.05, 4.69) is 0 Å². The smallest absolute Gasteiger partial charge is 0.165 e. The van der Waals surface area contributed by atoms with E-state index in [9.17, 15) is 20.4 Å². The van der Waals surface area contributed by atoms with Crippen molar-refractivity contribution in [1.29, 1.82) is 0 Å². The van der Waals surface area contributed by atoms with E-state index in [1.165, 1.54) is 12.1 Å². The number of hydrogen-bond donors (Lipinski definition) is 4. The van der Waals surface area contributed by atoms with Gasteiger partial charge in [-0.1, -0.05) is 24.3 Å². The number of benzene rings is 6. The highest BCUT2D eigenvalue weighted by Crippen LogP contribution is 2.46. The Kier molecular flexibility index (Phi) is 2.64. The zero-order chi connectivity index (χ0) is 19.2. The fourth-order valence-electron chi connectivity index (χ4n) is 4.50. The van der Waals surface area contributed by atoms with E-state index in [1.807, 2.05) is 48.5 Å². The first-order valence-corrected chi connectivity index (χ1v) is 8.94. The predicted molar refractivity (Wildman–Crippen MR) is 112 cm³/mol. The van der Waals surface area contributed by atoms with Gasteiger partial charge in [-0.3, -0.25) is 0 Å². The number of phenolic OH excluding ortho intramolecular Hbond substituents is 4. The highest BCUT2D eigenvalue weighted by Gasteiger charge is 2.17. The fourth-order valence-corrected chi connectivity index (χ4v) is 4.50. The van der Waals surface area contributed by atoms with E-state index in [-0.39, 0.29) is 23.0 Å². The van der Waals surface area contributed by atoms with Crippen LogP contribution >= 0.6 is 0 Å². The van der Waals surface area contributed by atoms with Crippen molar-refractivity contribution in [3.8, 4) is 23.0 Å². The Morgan fingerprint density at radius 2 is 0.786 bits per heavy atom. The van der Waals surface area contributed by atoms with Crippen LogP contribution in [0.1, 0.15) is 0 Å². The van der Waals surface area contributed by atoms with E-state index in [0.29, 0.717) is 10.8 Å². The maximum atomic E-state index is 10.3. The Hall–Kier alpha value is -3.92. The lowest BCUT2D eigenvalue weighted by molar-refractivity contribution is 0.408. The number of fused-ring (bicyclic) bond motifs is 4. The van der Waals surface area contributed by atoms with E-state index in [4.69, 9.17) is 0 Å². The number of phenols is 4. The van der Waals surface area contributed by atoms with Crippen LogP contribution in [0, 0.1) is 0 Å². The molecular weight excluding hydrogens is 352 g/mol. The summed E-state index contributed by atoms with van der Waals surface area (Å²) >= 11 is 0. The molecule has 0 aromatic heterocycles. The molecule has 0 aliphatic rings. The van der Waals surface area contributed by atoms with E-state index >= 15 is 0 Å². The van der Waals surface area contributed by atoms with Gasteiger partial charge in [0.2, 0.25) is 0 Å². The van der Waals surface area contributed by atoms with Gasteiger partial charge >= 0.3 is 0 Å². The Balaban J connectivity index is 1.92. The minimum atomic E-state index is -0.137. The molecular formula is C24H14O4. The van der Waals surface area contributed by atoms with Gasteiger partial charge in [0.05, 0.1) is 0 Å². The molecule has 0 fully saturated rings. The molecule has 6 aromatic carbocycles. The van der Waals surface area contributed by atoms with Gasteiger partial charge in [-0.25, -0.2) is 0 Å². The van der Waals surface area contributed by atoms with Crippen molar-refractivity contribution < 1.29 is 20.4 Å². The largest absolute Gasteiger partial charge is 0.504 e. The number of hydrogen-bond acceptors (Lipinski definition) is 4. The molecule has 0 heterocycles. The van der Waals surface area contributed by atoms with Crippen LogP contribution in [0.25, 0.3) is 53.9 Å². The van der Waals surface area contributed by atoms with Gasteiger partial charge in [-0.2, -0.15) is 0 Å². The lowest BCUT2D eigenvalue weighted by Gasteiger charge is -2.16. The van der Waals surface area contributed by atoms with Gasteiger partial charge in [-0.15, -0.1) is 0 Å². The van der Waals surface area contributed by atoms with E-state index < -0.39 is 0 Å².